The van der Waals surface area contributed by atoms with E-state index in [0.717, 1.165) is 4.90 Å². The van der Waals surface area contributed by atoms with Crippen molar-refractivity contribution in [3.63, 3.8) is 0 Å². The van der Waals surface area contributed by atoms with Crippen LogP contribution in [-0.2, 0) is 16.6 Å². The number of nitrogens with one attached hydrogen (secondary N) is 1. The number of anilines is 1. The zero-order valence-electron chi connectivity index (χ0n) is 11.2. The standard InChI is InChI=1S/C14H14BrNO3S2/c1-20-12-4-2-3-11(8-12)16-21(18,19)14-7-10(9-17)5-6-13(14)15/h2-8,16-17H,9H2,1H3. The van der Waals surface area contributed by atoms with Gasteiger partial charge < -0.3 is 5.11 Å². The molecule has 21 heavy (non-hydrogen) atoms. The summed E-state index contributed by atoms with van der Waals surface area (Å²) >= 11 is 4.77. The highest BCUT2D eigenvalue weighted by atomic mass is 79.9. The van der Waals surface area contributed by atoms with Gasteiger partial charge in [0.2, 0.25) is 0 Å². The summed E-state index contributed by atoms with van der Waals surface area (Å²) in [6.45, 7) is -0.211. The summed E-state index contributed by atoms with van der Waals surface area (Å²) in [5.41, 5.74) is 1.04. The minimum Gasteiger partial charge on any atom is -0.392 e. The van der Waals surface area contributed by atoms with Gasteiger partial charge in [0.25, 0.3) is 10.0 Å². The third kappa shape index (κ3) is 4.00. The fourth-order valence-corrected chi connectivity index (χ4v) is 4.27. The lowest BCUT2D eigenvalue weighted by molar-refractivity contribution is 0.281. The lowest BCUT2D eigenvalue weighted by Gasteiger charge is -2.11. The maximum Gasteiger partial charge on any atom is 0.263 e. The first kappa shape index (κ1) is 16.4. The van der Waals surface area contributed by atoms with E-state index in [1.165, 1.54) is 17.8 Å². The molecular formula is C14H14BrNO3S2. The fraction of sp³-hybridized carbons (Fsp3) is 0.143. The molecule has 0 radical (unpaired) electrons. The van der Waals surface area contributed by atoms with E-state index < -0.39 is 10.0 Å². The highest BCUT2D eigenvalue weighted by Crippen LogP contribution is 2.27. The summed E-state index contributed by atoms with van der Waals surface area (Å²) in [5, 5.41) is 9.14. The van der Waals surface area contributed by atoms with Gasteiger partial charge in [-0.3, -0.25) is 4.72 Å². The predicted molar refractivity (Wildman–Crippen MR) is 89.1 cm³/mol. The van der Waals surface area contributed by atoms with Gasteiger partial charge in [-0.05, 0) is 58.1 Å². The Kier molecular flexibility index (Phi) is 5.32. The molecule has 0 aliphatic carbocycles. The first-order chi connectivity index (χ1) is 9.96. The number of hydrogen-bond acceptors (Lipinski definition) is 4. The summed E-state index contributed by atoms with van der Waals surface area (Å²) in [5.74, 6) is 0. The van der Waals surface area contributed by atoms with Crippen molar-refractivity contribution in [2.45, 2.75) is 16.4 Å². The predicted octanol–water partition coefficient (Wildman–Crippen LogP) is 3.46. The van der Waals surface area contributed by atoms with Crippen LogP contribution in [0.3, 0.4) is 0 Å². The highest BCUT2D eigenvalue weighted by Gasteiger charge is 2.18. The van der Waals surface area contributed by atoms with Crippen molar-refractivity contribution in [1.29, 1.82) is 0 Å². The second-order valence-electron chi connectivity index (χ2n) is 4.26. The van der Waals surface area contributed by atoms with Crippen molar-refractivity contribution in [3.05, 3.63) is 52.5 Å². The van der Waals surface area contributed by atoms with Crippen LogP contribution in [-0.4, -0.2) is 19.8 Å². The minimum absolute atomic E-state index is 0.101. The van der Waals surface area contributed by atoms with E-state index in [0.29, 0.717) is 15.7 Å². The van der Waals surface area contributed by atoms with E-state index in [9.17, 15) is 8.42 Å². The number of aliphatic hydroxyl groups is 1. The molecule has 0 heterocycles. The van der Waals surface area contributed by atoms with Gasteiger partial charge in [-0.2, -0.15) is 0 Å². The third-order valence-electron chi connectivity index (χ3n) is 2.79. The first-order valence-corrected chi connectivity index (χ1v) is 9.52. The summed E-state index contributed by atoms with van der Waals surface area (Å²) in [6, 6.07) is 11.9. The number of sulfonamides is 1. The molecule has 0 aliphatic rings. The van der Waals surface area contributed by atoms with Gasteiger partial charge in [-0.25, -0.2) is 8.42 Å². The Morgan fingerprint density at radius 3 is 2.67 bits per heavy atom. The van der Waals surface area contributed by atoms with Gasteiger partial charge in [0.1, 0.15) is 4.90 Å². The molecule has 0 saturated carbocycles. The molecule has 2 N–H and O–H groups in total. The lowest BCUT2D eigenvalue weighted by atomic mass is 10.2. The summed E-state index contributed by atoms with van der Waals surface area (Å²) < 4.78 is 27.9. The molecule has 2 aromatic rings. The van der Waals surface area contributed by atoms with Crippen LogP contribution in [0.25, 0.3) is 0 Å². The average Bonchev–Trinajstić information content (AvgIpc) is 2.47. The number of aliphatic hydroxyl groups excluding tert-OH is 1. The molecule has 2 rings (SSSR count). The molecule has 0 saturated heterocycles. The molecule has 0 atom stereocenters. The maximum atomic E-state index is 12.5. The van der Waals surface area contributed by atoms with Gasteiger partial charge in [0, 0.05) is 15.1 Å². The molecule has 0 unspecified atom stereocenters. The number of hydrogen-bond donors (Lipinski definition) is 2. The number of halogens is 1. The Bertz CT molecular complexity index is 748. The summed E-state index contributed by atoms with van der Waals surface area (Å²) in [4.78, 5) is 1.07. The van der Waals surface area contributed by atoms with Crippen molar-refractivity contribution < 1.29 is 13.5 Å². The van der Waals surface area contributed by atoms with Gasteiger partial charge in [-0.1, -0.05) is 12.1 Å². The van der Waals surface area contributed by atoms with Crippen LogP contribution in [0.4, 0.5) is 5.69 Å². The second-order valence-corrected chi connectivity index (χ2v) is 7.65. The summed E-state index contributed by atoms with van der Waals surface area (Å²) in [6.07, 6.45) is 1.93. The molecule has 0 fully saturated rings. The molecule has 2 aromatic carbocycles. The van der Waals surface area contributed by atoms with Crippen molar-refractivity contribution in [3.8, 4) is 0 Å². The molecule has 4 nitrogen and oxygen atoms in total. The molecule has 0 aliphatic heterocycles. The largest absolute Gasteiger partial charge is 0.392 e. The second kappa shape index (κ2) is 6.83. The van der Waals surface area contributed by atoms with E-state index in [1.54, 1.807) is 30.3 Å². The molecule has 0 amide bonds. The SMILES string of the molecule is CSc1cccc(NS(=O)(=O)c2cc(CO)ccc2Br)c1. The lowest BCUT2D eigenvalue weighted by Crippen LogP contribution is -2.14. The Hall–Kier alpha value is -1.02. The number of thioether (sulfide) groups is 1. The Morgan fingerprint density at radius 1 is 1.24 bits per heavy atom. The molecular weight excluding hydrogens is 374 g/mol. The Morgan fingerprint density at radius 2 is 2.00 bits per heavy atom. The minimum atomic E-state index is -3.72. The van der Waals surface area contributed by atoms with Crippen LogP contribution in [0.2, 0.25) is 0 Å². The van der Waals surface area contributed by atoms with Crippen LogP contribution in [0.1, 0.15) is 5.56 Å². The maximum absolute atomic E-state index is 12.5. The Labute approximate surface area is 136 Å². The molecule has 0 aromatic heterocycles. The van der Waals surface area contributed by atoms with Gasteiger partial charge in [-0.15, -0.1) is 11.8 Å². The number of benzene rings is 2. The molecule has 112 valence electrons. The zero-order valence-corrected chi connectivity index (χ0v) is 14.4. The monoisotopic (exact) mass is 387 g/mol. The van der Waals surface area contributed by atoms with Crippen molar-refractivity contribution in [2.24, 2.45) is 0 Å². The third-order valence-corrected chi connectivity index (χ3v) is 5.89. The number of rotatable bonds is 5. The molecule has 7 heteroatoms. The van der Waals surface area contributed by atoms with Crippen molar-refractivity contribution in [1.82, 2.24) is 0 Å². The fourth-order valence-electron chi connectivity index (χ4n) is 1.75. The zero-order chi connectivity index (χ0) is 15.5. The topological polar surface area (TPSA) is 66.4 Å². The average molecular weight is 388 g/mol. The van der Waals surface area contributed by atoms with Crippen molar-refractivity contribution in [2.75, 3.05) is 11.0 Å². The normalized spacial score (nSPS) is 11.4. The van der Waals surface area contributed by atoms with Crippen LogP contribution < -0.4 is 4.72 Å². The van der Waals surface area contributed by atoms with E-state index in [1.807, 2.05) is 12.3 Å². The van der Waals surface area contributed by atoms with E-state index >= 15 is 0 Å². The first-order valence-electron chi connectivity index (χ1n) is 6.02. The van der Waals surface area contributed by atoms with Crippen LogP contribution >= 0.6 is 27.7 Å². The highest BCUT2D eigenvalue weighted by molar-refractivity contribution is 9.10. The van der Waals surface area contributed by atoms with Gasteiger partial charge >= 0.3 is 0 Å². The van der Waals surface area contributed by atoms with Gasteiger partial charge in [0.05, 0.1) is 6.61 Å². The van der Waals surface area contributed by atoms with E-state index in [2.05, 4.69) is 20.7 Å². The Balaban J connectivity index is 2.38. The van der Waals surface area contributed by atoms with E-state index in [4.69, 9.17) is 5.11 Å². The van der Waals surface area contributed by atoms with Crippen molar-refractivity contribution >= 4 is 43.4 Å². The van der Waals surface area contributed by atoms with Crippen LogP contribution in [0, 0.1) is 0 Å². The quantitative estimate of drug-likeness (QED) is 0.770. The molecule has 0 bridgehead atoms. The van der Waals surface area contributed by atoms with E-state index in [-0.39, 0.29) is 11.5 Å². The smallest absolute Gasteiger partial charge is 0.263 e. The van der Waals surface area contributed by atoms with Crippen LogP contribution in [0.5, 0.6) is 0 Å². The summed E-state index contributed by atoms with van der Waals surface area (Å²) in [7, 11) is -3.72. The van der Waals surface area contributed by atoms with Crippen LogP contribution in [0.15, 0.2) is 56.7 Å². The van der Waals surface area contributed by atoms with Gasteiger partial charge in [0.15, 0.2) is 0 Å². The molecule has 0 spiro atoms.